The van der Waals surface area contributed by atoms with Gasteiger partial charge in [0.2, 0.25) is 0 Å². The molecule has 6 heteroatoms. The lowest BCUT2D eigenvalue weighted by molar-refractivity contribution is -0.138. The Morgan fingerprint density at radius 3 is 3.00 bits per heavy atom. The minimum atomic E-state index is -1.10. The van der Waals surface area contributed by atoms with E-state index in [0.717, 1.165) is 0 Å². The predicted molar refractivity (Wildman–Crippen MR) is 55.0 cm³/mol. The number of phenols is 1. The van der Waals surface area contributed by atoms with Crippen LogP contribution in [0.25, 0.3) is 11.0 Å². The van der Waals surface area contributed by atoms with E-state index in [0.29, 0.717) is 16.7 Å². The second-order valence-electron chi connectivity index (χ2n) is 3.46. The van der Waals surface area contributed by atoms with Gasteiger partial charge in [-0.25, -0.2) is 0 Å². The molecular weight excluding hydrogens is 212 g/mol. The molecular formula is C10H10N2O4. The zero-order valence-corrected chi connectivity index (χ0v) is 8.25. The average Bonchev–Trinajstić information content (AvgIpc) is 2.61. The van der Waals surface area contributed by atoms with Crippen molar-refractivity contribution >= 4 is 16.9 Å². The summed E-state index contributed by atoms with van der Waals surface area (Å²) in [7, 11) is 0. The number of rotatable bonds is 3. The number of aliphatic carboxylic acids is 1. The van der Waals surface area contributed by atoms with Crippen LogP contribution in [0.15, 0.2) is 22.7 Å². The SMILES string of the molecule is NC(Cc1noc2ccc(O)cc12)C(=O)O. The lowest BCUT2D eigenvalue weighted by Gasteiger charge is -2.02. The molecule has 84 valence electrons. The first-order valence-corrected chi connectivity index (χ1v) is 4.63. The fraction of sp³-hybridized carbons (Fsp3) is 0.200. The van der Waals surface area contributed by atoms with Gasteiger partial charge in [0.05, 0.1) is 5.69 Å². The van der Waals surface area contributed by atoms with Crippen molar-refractivity contribution in [3.63, 3.8) is 0 Å². The van der Waals surface area contributed by atoms with E-state index in [1.54, 1.807) is 6.07 Å². The van der Waals surface area contributed by atoms with Crippen LogP contribution in [0.4, 0.5) is 0 Å². The highest BCUT2D eigenvalue weighted by atomic mass is 16.5. The molecule has 0 bridgehead atoms. The number of phenolic OH excluding ortho intramolecular Hbond substituents is 1. The summed E-state index contributed by atoms with van der Waals surface area (Å²) in [6.07, 6.45) is 0.0613. The number of benzene rings is 1. The van der Waals surface area contributed by atoms with Gasteiger partial charge in [0, 0.05) is 11.8 Å². The number of carbonyl (C=O) groups is 1. The largest absolute Gasteiger partial charge is 0.508 e. The highest BCUT2D eigenvalue weighted by molar-refractivity contribution is 5.82. The molecule has 0 aliphatic rings. The minimum Gasteiger partial charge on any atom is -0.508 e. The monoisotopic (exact) mass is 222 g/mol. The van der Waals surface area contributed by atoms with Gasteiger partial charge in [-0.1, -0.05) is 5.16 Å². The van der Waals surface area contributed by atoms with E-state index in [4.69, 9.17) is 15.4 Å². The van der Waals surface area contributed by atoms with Crippen LogP contribution in [0, 0.1) is 0 Å². The quantitative estimate of drug-likeness (QED) is 0.697. The van der Waals surface area contributed by atoms with Gasteiger partial charge in [0.15, 0.2) is 5.58 Å². The molecule has 0 saturated heterocycles. The third-order valence-electron chi connectivity index (χ3n) is 2.26. The van der Waals surface area contributed by atoms with Crippen molar-refractivity contribution in [2.75, 3.05) is 0 Å². The standard InChI is InChI=1S/C10H10N2O4/c11-7(10(14)15)4-8-6-3-5(13)1-2-9(6)16-12-8/h1-3,7,13H,4,11H2,(H,14,15). The maximum Gasteiger partial charge on any atom is 0.320 e. The summed E-state index contributed by atoms with van der Waals surface area (Å²) >= 11 is 0. The van der Waals surface area contributed by atoms with Crippen molar-refractivity contribution in [2.24, 2.45) is 5.73 Å². The first-order chi connectivity index (χ1) is 7.58. The van der Waals surface area contributed by atoms with Crippen molar-refractivity contribution in [2.45, 2.75) is 12.5 Å². The van der Waals surface area contributed by atoms with E-state index in [9.17, 15) is 9.90 Å². The summed E-state index contributed by atoms with van der Waals surface area (Å²) in [5.74, 6) is -1.03. The maximum absolute atomic E-state index is 10.6. The van der Waals surface area contributed by atoms with E-state index in [1.807, 2.05) is 0 Å². The molecule has 0 amide bonds. The van der Waals surface area contributed by atoms with Crippen molar-refractivity contribution in [1.82, 2.24) is 5.16 Å². The predicted octanol–water partition coefficient (Wildman–Crippen LogP) is 0.488. The van der Waals surface area contributed by atoms with Crippen LogP contribution in [0.2, 0.25) is 0 Å². The third kappa shape index (κ3) is 1.82. The Kier molecular flexibility index (Phi) is 2.49. The Bertz CT molecular complexity index is 535. The zero-order valence-electron chi connectivity index (χ0n) is 8.25. The number of aromatic hydroxyl groups is 1. The number of nitrogens with zero attached hydrogens (tertiary/aromatic N) is 1. The molecule has 4 N–H and O–H groups in total. The number of carboxylic acid groups (broad SMARTS) is 1. The fourth-order valence-corrected chi connectivity index (χ4v) is 1.42. The zero-order chi connectivity index (χ0) is 11.7. The molecule has 0 fully saturated rings. The van der Waals surface area contributed by atoms with Gasteiger partial charge in [0.25, 0.3) is 0 Å². The normalized spacial score (nSPS) is 12.8. The van der Waals surface area contributed by atoms with Crippen LogP contribution >= 0.6 is 0 Å². The third-order valence-corrected chi connectivity index (χ3v) is 2.26. The number of hydrogen-bond donors (Lipinski definition) is 3. The maximum atomic E-state index is 10.6. The molecule has 6 nitrogen and oxygen atoms in total. The lowest BCUT2D eigenvalue weighted by atomic mass is 10.1. The highest BCUT2D eigenvalue weighted by Crippen LogP contribution is 2.23. The van der Waals surface area contributed by atoms with Gasteiger partial charge in [-0.3, -0.25) is 4.79 Å². The van der Waals surface area contributed by atoms with Crippen LogP contribution in [0.5, 0.6) is 5.75 Å². The average molecular weight is 222 g/mol. The molecule has 0 saturated carbocycles. The number of hydrogen-bond acceptors (Lipinski definition) is 5. The molecule has 1 heterocycles. The minimum absolute atomic E-state index is 0.0613. The van der Waals surface area contributed by atoms with Gasteiger partial charge >= 0.3 is 5.97 Å². The van der Waals surface area contributed by atoms with E-state index in [2.05, 4.69) is 5.16 Å². The van der Waals surface area contributed by atoms with Crippen molar-refractivity contribution in [3.05, 3.63) is 23.9 Å². The molecule has 1 aromatic heterocycles. The molecule has 0 aliphatic heterocycles. The van der Waals surface area contributed by atoms with Crippen LogP contribution in [-0.4, -0.2) is 27.4 Å². The Balaban J connectivity index is 2.37. The Morgan fingerprint density at radius 2 is 2.31 bits per heavy atom. The van der Waals surface area contributed by atoms with Gasteiger partial charge < -0.3 is 20.5 Å². The van der Waals surface area contributed by atoms with Gasteiger partial charge in [-0.05, 0) is 18.2 Å². The summed E-state index contributed by atoms with van der Waals surface area (Å²) in [5, 5.41) is 22.3. The van der Waals surface area contributed by atoms with Crippen molar-refractivity contribution in [3.8, 4) is 5.75 Å². The molecule has 0 radical (unpaired) electrons. The molecule has 0 aliphatic carbocycles. The summed E-state index contributed by atoms with van der Waals surface area (Å²) in [6.45, 7) is 0. The summed E-state index contributed by atoms with van der Waals surface area (Å²) < 4.78 is 4.98. The van der Waals surface area contributed by atoms with E-state index in [1.165, 1.54) is 12.1 Å². The summed E-state index contributed by atoms with van der Waals surface area (Å²) in [4.78, 5) is 10.6. The van der Waals surface area contributed by atoms with Crippen LogP contribution in [0.1, 0.15) is 5.69 Å². The van der Waals surface area contributed by atoms with Gasteiger partial charge in [-0.2, -0.15) is 0 Å². The molecule has 2 rings (SSSR count). The first-order valence-electron chi connectivity index (χ1n) is 4.63. The van der Waals surface area contributed by atoms with E-state index < -0.39 is 12.0 Å². The van der Waals surface area contributed by atoms with Crippen LogP contribution < -0.4 is 5.73 Å². The van der Waals surface area contributed by atoms with Crippen molar-refractivity contribution in [1.29, 1.82) is 0 Å². The van der Waals surface area contributed by atoms with Crippen LogP contribution in [-0.2, 0) is 11.2 Å². The number of nitrogens with two attached hydrogens (primary N) is 1. The Labute approximate surface area is 90.3 Å². The number of fused-ring (bicyclic) bond motifs is 1. The topological polar surface area (TPSA) is 110 Å². The second-order valence-corrected chi connectivity index (χ2v) is 3.46. The summed E-state index contributed by atoms with van der Waals surface area (Å²) in [6, 6.07) is 3.47. The van der Waals surface area contributed by atoms with E-state index >= 15 is 0 Å². The molecule has 1 aromatic carbocycles. The molecule has 16 heavy (non-hydrogen) atoms. The molecule has 0 spiro atoms. The second kappa shape index (κ2) is 3.82. The first kappa shape index (κ1) is 10.4. The van der Waals surface area contributed by atoms with Crippen molar-refractivity contribution < 1.29 is 19.5 Å². The number of carboxylic acids is 1. The molecule has 2 aromatic rings. The van der Waals surface area contributed by atoms with Gasteiger partial charge in [-0.15, -0.1) is 0 Å². The fourth-order valence-electron chi connectivity index (χ4n) is 1.42. The van der Waals surface area contributed by atoms with Gasteiger partial charge in [0.1, 0.15) is 11.8 Å². The Morgan fingerprint density at radius 1 is 1.56 bits per heavy atom. The lowest BCUT2D eigenvalue weighted by Crippen LogP contribution is -2.32. The Hall–Kier alpha value is -2.08. The molecule has 1 atom stereocenters. The number of aromatic nitrogens is 1. The molecule has 1 unspecified atom stereocenters. The smallest absolute Gasteiger partial charge is 0.320 e. The van der Waals surface area contributed by atoms with Crippen LogP contribution in [0.3, 0.4) is 0 Å². The van der Waals surface area contributed by atoms with E-state index in [-0.39, 0.29) is 12.2 Å². The summed E-state index contributed by atoms with van der Waals surface area (Å²) in [5.41, 5.74) is 6.32. The highest BCUT2D eigenvalue weighted by Gasteiger charge is 2.17.